The van der Waals surface area contributed by atoms with Crippen LogP contribution in [0.25, 0.3) is 0 Å². The summed E-state index contributed by atoms with van der Waals surface area (Å²) in [5.74, 6) is -0.378. The predicted molar refractivity (Wildman–Crippen MR) is 105 cm³/mol. The molecule has 1 saturated carbocycles. The van der Waals surface area contributed by atoms with Gasteiger partial charge in [-0.1, -0.05) is 48.5 Å². The molecular weight excluding hydrogens is 387 g/mol. The van der Waals surface area contributed by atoms with Crippen LogP contribution in [0.5, 0.6) is 0 Å². The van der Waals surface area contributed by atoms with Gasteiger partial charge in [-0.2, -0.15) is 0 Å². The standard InChI is InChI=1S/C20H24Cl2N2O3/c21-14-8-6-13(16(22)12-14)7-10-18(25)17-9-11-19(26)24(17)20(27)23-15-4-2-1-3-5-15/h6,8,12,15,17H,1-5,7,9-11H2,(H,23,27)/t17-/m0/s1. The zero-order valence-corrected chi connectivity index (χ0v) is 16.7. The number of nitrogens with zero attached hydrogens (tertiary/aromatic N) is 1. The molecule has 1 heterocycles. The molecule has 1 aliphatic heterocycles. The minimum Gasteiger partial charge on any atom is -0.335 e. The number of urea groups is 1. The number of Topliss-reactive ketones (excluding diaryl/α,β-unsaturated/α-hetero) is 1. The third kappa shape index (κ3) is 5.02. The number of carbonyl (C=O) groups excluding carboxylic acids is 3. The van der Waals surface area contributed by atoms with E-state index in [0.717, 1.165) is 36.1 Å². The summed E-state index contributed by atoms with van der Waals surface area (Å²) in [6, 6.07) is 4.18. The molecule has 1 N–H and O–H groups in total. The van der Waals surface area contributed by atoms with E-state index >= 15 is 0 Å². The maximum Gasteiger partial charge on any atom is 0.324 e. The highest BCUT2D eigenvalue weighted by Gasteiger charge is 2.40. The van der Waals surface area contributed by atoms with Crippen LogP contribution in [-0.2, 0) is 16.0 Å². The lowest BCUT2D eigenvalue weighted by Gasteiger charge is -2.28. The Kier molecular flexibility index (Phi) is 6.77. The van der Waals surface area contributed by atoms with E-state index in [0.29, 0.717) is 22.9 Å². The Bertz CT molecular complexity index is 732. The second-order valence-electron chi connectivity index (χ2n) is 7.30. The van der Waals surface area contributed by atoms with E-state index < -0.39 is 12.1 Å². The fourth-order valence-electron chi connectivity index (χ4n) is 3.88. The van der Waals surface area contributed by atoms with Gasteiger partial charge in [-0.3, -0.25) is 14.5 Å². The van der Waals surface area contributed by atoms with Crippen LogP contribution < -0.4 is 5.32 Å². The quantitative estimate of drug-likeness (QED) is 0.774. The van der Waals surface area contributed by atoms with Gasteiger partial charge in [0.1, 0.15) is 6.04 Å². The molecule has 1 aromatic carbocycles. The number of rotatable bonds is 5. The topological polar surface area (TPSA) is 66.5 Å². The van der Waals surface area contributed by atoms with E-state index in [4.69, 9.17) is 23.2 Å². The summed E-state index contributed by atoms with van der Waals surface area (Å²) in [6.45, 7) is 0. The Balaban J connectivity index is 1.60. The lowest BCUT2D eigenvalue weighted by molar-refractivity contribution is -0.131. The monoisotopic (exact) mass is 410 g/mol. The van der Waals surface area contributed by atoms with Gasteiger partial charge >= 0.3 is 6.03 Å². The summed E-state index contributed by atoms with van der Waals surface area (Å²) < 4.78 is 0. The summed E-state index contributed by atoms with van der Waals surface area (Å²) in [5.41, 5.74) is 0.831. The number of hydrogen-bond donors (Lipinski definition) is 1. The van der Waals surface area contributed by atoms with Gasteiger partial charge in [0.05, 0.1) is 0 Å². The minimum absolute atomic E-state index is 0.100. The lowest BCUT2D eigenvalue weighted by atomic mass is 9.96. The Morgan fingerprint density at radius 2 is 1.85 bits per heavy atom. The second-order valence-corrected chi connectivity index (χ2v) is 8.15. The fraction of sp³-hybridized carbons (Fsp3) is 0.550. The van der Waals surface area contributed by atoms with Crippen molar-refractivity contribution in [3.8, 4) is 0 Å². The first kappa shape index (κ1) is 20.2. The first-order chi connectivity index (χ1) is 13.0. The summed E-state index contributed by atoms with van der Waals surface area (Å²) in [7, 11) is 0. The van der Waals surface area contributed by atoms with Crippen LogP contribution in [0.1, 0.15) is 56.9 Å². The Labute approximate surface area is 169 Å². The van der Waals surface area contributed by atoms with Gasteiger partial charge in [-0.25, -0.2) is 4.79 Å². The molecule has 0 unspecified atom stereocenters. The molecular formula is C20H24Cl2N2O3. The Morgan fingerprint density at radius 3 is 2.56 bits per heavy atom. The van der Waals surface area contributed by atoms with Crippen molar-refractivity contribution < 1.29 is 14.4 Å². The summed E-state index contributed by atoms with van der Waals surface area (Å²) in [4.78, 5) is 38.7. The minimum atomic E-state index is -0.674. The van der Waals surface area contributed by atoms with Gasteiger partial charge in [0.25, 0.3) is 0 Å². The van der Waals surface area contributed by atoms with E-state index in [-0.39, 0.29) is 30.6 Å². The van der Waals surface area contributed by atoms with E-state index in [9.17, 15) is 14.4 Å². The van der Waals surface area contributed by atoms with Gasteiger partial charge in [-0.05, 0) is 43.4 Å². The van der Waals surface area contributed by atoms with E-state index in [1.54, 1.807) is 18.2 Å². The molecule has 2 aliphatic rings. The number of halogens is 2. The smallest absolute Gasteiger partial charge is 0.324 e. The van der Waals surface area contributed by atoms with Crippen molar-refractivity contribution in [2.75, 3.05) is 0 Å². The number of amides is 3. The molecule has 0 bridgehead atoms. The second kappa shape index (κ2) is 9.07. The average Bonchev–Trinajstić information content (AvgIpc) is 3.03. The predicted octanol–water partition coefficient (Wildman–Crippen LogP) is 4.53. The summed E-state index contributed by atoms with van der Waals surface area (Å²) in [5, 5.41) is 4.01. The van der Waals surface area contributed by atoms with Gasteiger partial charge < -0.3 is 5.32 Å². The fourth-order valence-corrected chi connectivity index (χ4v) is 4.39. The number of imide groups is 1. The van der Waals surface area contributed by atoms with Crippen molar-refractivity contribution in [3.63, 3.8) is 0 Å². The van der Waals surface area contributed by atoms with Crippen LogP contribution in [0, 0.1) is 0 Å². The molecule has 27 heavy (non-hydrogen) atoms. The van der Waals surface area contributed by atoms with E-state index in [2.05, 4.69) is 5.32 Å². The first-order valence-corrected chi connectivity index (χ1v) is 10.3. The molecule has 2 fully saturated rings. The van der Waals surface area contributed by atoms with Gasteiger partial charge in [-0.15, -0.1) is 0 Å². The number of aryl methyl sites for hydroxylation is 1. The molecule has 3 rings (SSSR count). The van der Waals surface area contributed by atoms with Crippen LogP contribution in [0.2, 0.25) is 10.0 Å². The molecule has 5 nitrogen and oxygen atoms in total. The third-order valence-electron chi connectivity index (χ3n) is 5.39. The molecule has 0 radical (unpaired) electrons. The zero-order chi connectivity index (χ0) is 19.4. The molecule has 1 saturated heterocycles. The molecule has 146 valence electrons. The Morgan fingerprint density at radius 1 is 1.11 bits per heavy atom. The normalized spacial score (nSPS) is 20.7. The molecule has 1 aliphatic carbocycles. The number of hydrogen-bond acceptors (Lipinski definition) is 3. The average molecular weight is 411 g/mol. The SMILES string of the molecule is O=C(CCc1ccc(Cl)cc1Cl)[C@@H]1CCC(=O)N1C(=O)NC1CCCCC1. The van der Waals surface area contributed by atoms with Crippen molar-refractivity contribution in [1.29, 1.82) is 0 Å². The Hall–Kier alpha value is -1.59. The number of benzene rings is 1. The number of likely N-dealkylation sites (tertiary alicyclic amines) is 1. The van der Waals surface area contributed by atoms with Crippen LogP contribution in [0.4, 0.5) is 4.79 Å². The van der Waals surface area contributed by atoms with Crippen LogP contribution in [0.15, 0.2) is 18.2 Å². The van der Waals surface area contributed by atoms with Crippen molar-refractivity contribution in [2.45, 2.75) is 69.9 Å². The van der Waals surface area contributed by atoms with Crippen LogP contribution in [-0.4, -0.2) is 34.7 Å². The number of nitrogens with one attached hydrogen (secondary N) is 1. The third-order valence-corrected chi connectivity index (χ3v) is 5.98. The highest BCUT2D eigenvalue weighted by molar-refractivity contribution is 6.35. The molecule has 1 aromatic rings. The van der Waals surface area contributed by atoms with E-state index in [1.807, 2.05) is 0 Å². The van der Waals surface area contributed by atoms with E-state index in [1.165, 1.54) is 6.42 Å². The molecule has 7 heteroatoms. The van der Waals surface area contributed by atoms with Crippen LogP contribution >= 0.6 is 23.2 Å². The summed E-state index contributed by atoms with van der Waals surface area (Å²) in [6.07, 6.45) is 6.53. The van der Waals surface area contributed by atoms with Gasteiger partial charge in [0.2, 0.25) is 5.91 Å². The van der Waals surface area contributed by atoms with Crippen LogP contribution in [0.3, 0.4) is 0 Å². The van der Waals surface area contributed by atoms with Gasteiger partial charge in [0.15, 0.2) is 5.78 Å². The largest absolute Gasteiger partial charge is 0.335 e. The van der Waals surface area contributed by atoms with Crippen molar-refractivity contribution >= 4 is 40.9 Å². The van der Waals surface area contributed by atoms with Crippen molar-refractivity contribution in [2.24, 2.45) is 0 Å². The molecule has 0 spiro atoms. The maximum absolute atomic E-state index is 12.7. The molecule has 1 atom stereocenters. The molecule has 0 aromatic heterocycles. The van der Waals surface area contributed by atoms with Gasteiger partial charge in [0, 0.05) is 28.9 Å². The maximum atomic E-state index is 12.7. The lowest BCUT2D eigenvalue weighted by Crippen LogP contribution is -2.51. The summed E-state index contributed by atoms with van der Waals surface area (Å²) >= 11 is 12.1. The highest BCUT2D eigenvalue weighted by Crippen LogP contribution is 2.25. The molecule has 3 amide bonds. The zero-order valence-electron chi connectivity index (χ0n) is 15.2. The first-order valence-electron chi connectivity index (χ1n) is 9.55. The van der Waals surface area contributed by atoms with Crippen molar-refractivity contribution in [3.05, 3.63) is 33.8 Å². The number of carbonyl (C=O) groups is 3. The number of ketones is 1. The highest BCUT2D eigenvalue weighted by atomic mass is 35.5. The van der Waals surface area contributed by atoms with Crippen molar-refractivity contribution in [1.82, 2.24) is 10.2 Å².